The number of carbonyl (C=O) groups is 4. The summed E-state index contributed by atoms with van der Waals surface area (Å²) < 4.78 is 5.02. The van der Waals surface area contributed by atoms with Crippen LogP contribution in [0.25, 0.3) is 0 Å². The zero-order valence-corrected chi connectivity index (χ0v) is 17.1. The van der Waals surface area contributed by atoms with Gasteiger partial charge in [-0.05, 0) is 37.3 Å². The molecule has 1 aliphatic heterocycles. The van der Waals surface area contributed by atoms with Crippen LogP contribution in [0.2, 0.25) is 0 Å². The summed E-state index contributed by atoms with van der Waals surface area (Å²) in [6.07, 6.45) is 5.92. The fourth-order valence-electron chi connectivity index (χ4n) is 3.60. The number of urea groups is 1. The minimum absolute atomic E-state index is 0.0338. The molecule has 0 radical (unpaired) electrons. The highest BCUT2D eigenvalue weighted by atomic mass is 32.2. The number of carbonyl (C=O) groups excluding carboxylic acids is 4. The largest absolute Gasteiger partial charge is 0.455 e. The summed E-state index contributed by atoms with van der Waals surface area (Å²) in [7, 11) is 0. The van der Waals surface area contributed by atoms with E-state index in [1.54, 1.807) is 16.7 Å². The molecule has 2 fully saturated rings. The summed E-state index contributed by atoms with van der Waals surface area (Å²) in [6, 6.07) is 7.04. The second-order valence-electron chi connectivity index (χ2n) is 7.22. The van der Waals surface area contributed by atoms with Crippen LogP contribution in [-0.2, 0) is 19.1 Å². The Balaban J connectivity index is 1.45. The number of nitrogens with one attached hydrogen (secondary N) is 2. The molecule has 8 nitrogen and oxygen atoms in total. The van der Waals surface area contributed by atoms with Gasteiger partial charge in [0.25, 0.3) is 5.91 Å². The topological polar surface area (TPSA) is 105 Å². The van der Waals surface area contributed by atoms with Crippen molar-refractivity contribution >= 4 is 41.3 Å². The van der Waals surface area contributed by atoms with E-state index < -0.39 is 30.4 Å². The summed E-state index contributed by atoms with van der Waals surface area (Å²) in [5.41, 5.74) is 0.735. The molecule has 1 saturated carbocycles. The highest BCUT2D eigenvalue weighted by Gasteiger charge is 2.36. The Morgan fingerprint density at radius 3 is 2.72 bits per heavy atom. The smallest absolute Gasteiger partial charge is 0.321 e. The molecule has 4 amide bonds. The SMILES string of the molecule is CSc1cccc(N2C[C@H](C(=O)OCC(=O)NC(=O)NC3CCCC3)CC2=O)c1. The lowest BCUT2D eigenvalue weighted by molar-refractivity contribution is -0.152. The molecule has 1 aromatic rings. The molecule has 0 spiro atoms. The molecule has 1 atom stereocenters. The summed E-state index contributed by atoms with van der Waals surface area (Å²) in [5, 5.41) is 4.89. The summed E-state index contributed by atoms with van der Waals surface area (Å²) in [4.78, 5) is 50.8. The molecular weight excluding hydrogens is 394 g/mol. The lowest BCUT2D eigenvalue weighted by atomic mass is 10.1. The van der Waals surface area contributed by atoms with Gasteiger partial charge in [-0.25, -0.2) is 4.79 Å². The Bertz CT molecular complexity index is 794. The first-order valence-corrected chi connectivity index (χ1v) is 10.9. The van der Waals surface area contributed by atoms with Crippen LogP contribution < -0.4 is 15.5 Å². The number of benzene rings is 1. The molecule has 156 valence electrons. The first kappa shape index (κ1) is 21.2. The molecule has 0 unspecified atom stereocenters. The second-order valence-corrected chi connectivity index (χ2v) is 8.10. The van der Waals surface area contributed by atoms with Gasteiger partial charge in [-0.15, -0.1) is 11.8 Å². The second kappa shape index (κ2) is 9.78. The van der Waals surface area contributed by atoms with E-state index in [2.05, 4.69) is 10.6 Å². The number of nitrogens with zero attached hydrogens (tertiary/aromatic N) is 1. The Morgan fingerprint density at radius 1 is 1.24 bits per heavy atom. The summed E-state index contributed by atoms with van der Waals surface area (Å²) in [5.74, 6) is -2.11. The number of rotatable bonds is 6. The maximum atomic E-state index is 12.3. The van der Waals surface area contributed by atoms with E-state index in [1.807, 2.05) is 30.5 Å². The minimum Gasteiger partial charge on any atom is -0.455 e. The third-order valence-electron chi connectivity index (χ3n) is 5.11. The predicted molar refractivity (Wildman–Crippen MR) is 109 cm³/mol. The molecule has 1 heterocycles. The van der Waals surface area contributed by atoms with Crippen LogP contribution in [0.5, 0.6) is 0 Å². The van der Waals surface area contributed by atoms with Crippen molar-refractivity contribution in [3.05, 3.63) is 24.3 Å². The number of esters is 1. The number of amides is 4. The molecule has 0 aromatic heterocycles. The van der Waals surface area contributed by atoms with Crippen molar-refractivity contribution < 1.29 is 23.9 Å². The molecule has 29 heavy (non-hydrogen) atoms. The maximum Gasteiger partial charge on any atom is 0.321 e. The Morgan fingerprint density at radius 2 is 2.00 bits per heavy atom. The molecule has 2 N–H and O–H groups in total. The van der Waals surface area contributed by atoms with E-state index in [-0.39, 0.29) is 24.9 Å². The van der Waals surface area contributed by atoms with Crippen LogP contribution in [0.4, 0.5) is 10.5 Å². The number of hydrogen-bond acceptors (Lipinski definition) is 6. The molecule has 9 heteroatoms. The van der Waals surface area contributed by atoms with Crippen molar-refractivity contribution in [1.82, 2.24) is 10.6 Å². The number of thioether (sulfide) groups is 1. The lowest BCUT2D eigenvalue weighted by Gasteiger charge is -2.17. The number of ether oxygens (including phenoxy) is 1. The van der Waals surface area contributed by atoms with Gasteiger partial charge >= 0.3 is 12.0 Å². The lowest BCUT2D eigenvalue weighted by Crippen LogP contribution is -2.45. The van der Waals surface area contributed by atoms with Gasteiger partial charge in [-0.2, -0.15) is 0 Å². The van der Waals surface area contributed by atoms with Crippen LogP contribution in [-0.4, -0.2) is 49.3 Å². The van der Waals surface area contributed by atoms with Crippen LogP contribution in [0.1, 0.15) is 32.1 Å². The number of hydrogen-bond donors (Lipinski definition) is 2. The monoisotopic (exact) mass is 419 g/mol. The quantitative estimate of drug-likeness (QED) is 0.540. The van der Waals surface area contributed by atoms with Gasteiger partial charge in [0, 0.05) is 29.6 Å². The van der Waals surface area contributed by atoms with Crippen molar-refractivity contribution in [3.63, 3.8) is 0 Å². The molecule has 1 aliphatic carbocycles. The van der Waals surface area contributed by atoms with Crippen molar-refractivity contribution in [3.8, 4) is 0 Å². The van der Waals surface area contributed by atoms with E-state index >= 15 is 0 Å². The fourth-order valence-corrected chi connectivity index (χ4v) is 4.06. The van der Waals surface area contributed by atoms with Gasteiger partial charge < -0.3 is 15.0 Å². The van der Waals surface area contributed by atoms with Crippen molar-refractivity contribution in [2.24, 2.45) is 5.92 Å². The van der Waals surface area contributed by atoms with Gasteiger partial charge in [-0.3, -0.25) is 19.7 Å². The van der Waals surface area contributed by atoms with Gasteiger partial charge in [0.1, 0.15) is 0 Å². The molecule has 0 bridgehead atoms. The predicted octanol–water partition coefficient (Wildman–Crippen LogP) is 2.07. The van der Waals surface area contributed by atoms with Gasteiger partial charge in [0.15, 0.2) is 6.61 Å². The van der Waals surface area contributed by atoms with E-state index in [9.17, 15) is 19.2 Å². The van der Waals surface area contributed by atoms with E-state index in [0.717, 1.165) is 36.3 Å². The molecule has 2 aliphatic rings. The van der Waals surface area contributed by atoms with Crippen molar-refractivity contribution in [2.75, 3.05) is 24.3 Å². The van der Waals surface area contributed by atoms with Crippen LogP contribution in [0, 0.1) is 5.92 Å². The zero-order valence-electron chi connectivity index (χ0n) is 16.3. The highest BCUT2D eigenvalue weighted by molar-refractivity contribution is 7.98. The summed E-state index contributed by atoms with van der Waals surface area (Å²) in [6.45, 7) is -0.344. The van der Waals surface area contributed by atoms with Crippen LogP contribution in [0.3, 0.4) is 0 Å². The molecule has 1 aromatic carbocycles. The standard InChI is InChI=1S/C20H25N3O5S/c1-29-16-8-4-7-15(10-16)23-11-13(9-18(23)25)19(26)28-12-17(24)22-20(27)21-14-5-2-3-6-14/h4,7-8,10,13-14H,2-3,5-6,9,11-12H2,1H3,(H2,21,22,24,27)/t13-/m1/s1. The van der Waals surface area contributed by atoms with Crippen LogP contribution >= 0.6 is 11.8 Å². The maximum absolute atomic E-state index is 12.3. The minimum atomic E-state index is -0.692. The van der Waals surface area contributed by atoms with Gasteiger partial charge in [-0.1, -0.05) is 18.9 Å². The number of anilines is 1. The number of imide groups is 1. The van der Waals surface area contributed by atoms with Gasteiger partial charge in [0.05, 0.1) is 5.92 Å². The van der Waals surface area contributed by atoms with E-state index in [4.69, 9.17) is 4.74 Å². The Kier molecular flexibility index (Phi) is 7.13. The highest BCUT2D eigenvalue weighted by Crippen LogP contribution is 2.28. The normalized spacial score (nSPS) is 19.3. The van der Waals surface area contributed by atoms with Gasteiger partial charge in [0.2, 0.25) is 5.91 Å². The Labute approximate surface area is 173 Å². The summed E-state index contributed by atoms with van der Waals surface area (Å²) >= 11 is 1.57. The average molecular weight is 420 g/mol. The third kappa shape index (κ3) is 5.72. The molecular formula is C20H25N3O5S. The molecule has 1 saturated heterocycles. The van der Waals surface area contributed by atoms with Crippen molar-refractivity contribution in [2.45, 2.75) is 43.0 Å². The zero-order chi connectivity index (χ0) is 20.8. The average Bonchev–Trinajstić information content (AvgIpc) is 3.35. The first-order chi connectivity index (χ1) is 14.0. The van der Waals surface area contributed by atoms with Crippen LogP contribution in [0.15, 0.2) is 29.2 Å². The van der Waals surface area contributed by atoms with E-state index in [1.165, 1.54) is 0 Å². The fraction of sp³-hybridized carbons (Fsp3) is 0.500. The third-order valence-corrected chi connectivity index (χ3v) is 5.84. The Hall–Kier alpha value is -2.55. The first-order valence-electron chi connectivity index (χ1n) is 9.67. The molecule has 3 rings (SSSR count). The van der Waals surface area contributed by atoms with Crippen molar-refractivity contribution in [1.29, 1.82) is 0 Å². The van der Waals surface area contributed by atoms with E-state index in [0.29, 0.717) is 0 Å².